The summed E-state index contributed by atoms with van der Waals surface area (Å²) in [5.74, 6) is -0.304. The maximum Gasteiger partial charge on any atom is 0.328 e. The molecule has 17 heavy (non-hydrogen) atoms. The van der Waals surface area contributed by atoms with Gasteiger partial charge in [0.05, 0.1) is 24.6 Å². The third kappa shape index (κ3) is 3.18. The number of carbonyl (C=O) groups excluding carboxylic acids is 1. The number of rotatable bonds is 4. The number of methoxy groups -OCH3 is 1. The van der Waals surface area contributed by atoms with Crippen LogP contribution in [0.15, 0.2) is 18.5 Å². The van der Waals surface area contributed by atoms with Crippen LogP contribution in [0, 0.1) is 17.2 Å². The summed E-state index contributed by atoms with van der Waals surface area (Å²) in [6.45, 7) is 3.80. The van der Waals surface area contributed by atoms with E-state index in [2.05, 4.69) is 10.3 Å². The lowest BCUT2D eigenvalue weighted by molar-refractivity contribution is -0.142. The van der Waals surface area contributed by atoms with Gasteiger partial charge in [0.1, 0.15) is 12.1 Å². The molecule has 1 heterocycles. The van der Waals surface area contributed by atoms with Crippen molar-refractivity contribution in [3.05, 3.63) is 24.0 Å². The minimum Gasteiger partial charge on any atom is -0.467 e. The largest absolute Gasteiger partial charge is 0.467 e. The molecular weight excluding hydrogens is 218 g/mol. The molecule has 1 unspecified atom stereocenters. The Morgan fingerprint density at radius 2 is 2.29 bits per heavy atom. The molecule has 0 spiro atoms. The van der Waals surface area contributed by atoms with Gasteiger partial charge in [0, 0.05) is 6.20 Å². The molecule has 0 saturated heterocycles. The van der Waals surface area contributed by atoms with Gasteiger partial charge >= 0.3 is 5.97 Å². The molecule has 1 N–H and O–H groups in total. The maximum absolute atomic E-state index is 11.6. The van der Waals surface area contributed by atoms with E-state index >= 15 is 0 Å². The quantitative estimate of drug-likeness (QED) is 0.799. The average molecular weight is 233 g/mol. The van der Waals surface area contributed by atoms with Gasteiger partial charge in [0.25, 0.3) is 0 Å². The molecule has 0 radical (unpaired) electrons. The van der Waals surface area contributed by atoms with E-state index in [-0.39, 0.29) is 11.9 Å². The second-order valence-electron chi connectivity index (χ2n) is 3.92. The van der Waals surface area contributed by atoms with Crippen LogP contribution in [-0.2, 0) is 9.53 Å². The van der Waals surface area contributed by atoms with E-state index in [9.17, 15) is 4.79 Å². The van der Waals surface area contributed by atoms with Crippen LogP contribution in [0.1, 0.15) is 19.4 Å². The fourth-order valence-corrected chi connectivity index (χ4v) is 1.40. The predicted molar refractivity (Wildman–Crippen MR) is 63.2 cm³/mol. The number of ether oxygens (including phenoxy) is 1. The smallest absolute Gasteiger partial charge is 0.328 e. The van der Waals surface area contributed by atoms with Crippen molar-refractivity contribution in [2.24, 2.45) is 5.92 Å². The number of anilines is 1. The Morgan fingerprint density at radius 3 is 2.82 bits per heavy atom. The molecule has 0 aliphatic rings. The molecule has 5 nitrogen and oxygen atoms in total. The highest BCUT2D eigenvalue weighted by Gasteiger charge is 2.23. The zero-order chi connectivity index (χ0) is 12.8. The molecule has 1 atom stereocenters. The summed E-state index contributed by atoms with van der Waals surface area (Å²) in [4.78, 5) is 15.5. The van der Waals surface area contributed by atoms with E-state index in [1.807, 2.05) is 19.9 Å². The monoisotopic (exact) mass is 233 g/mol. The van der Waals surface area contributed by atoms with E-state index in [0.717, 1.165) is 0 Å². The van der Waals surface area contributed by atoms with Crippen molar-refractivity contribution < 1.29 is 9.53 Å². The van der Waals surface area contributed by atoms with E-state index in [0.29, 0.717) is 11.3 Å². The summed E-state index contributed by atoms with van der Waals surface area (Å²) in [5, 5.41) is 11.9. The minimum absolute atomic E-state index is 0.0502. The number of esters is 1. The van der Waals surface area contributed by atoms with Gasteiger partial charge in [-0.15, -0.1) is 0 Å². The summed E-state index contributed by atoms with van der Waals surface area (Å²) >= 11 is 0. The van der Waals surface area contributed by atoms with Gasteiger partial charge in [-0.1, -0.05) is 13.8 Å². The van der Waals surface area contributed by atoms with E-state index in [1.165, 1.54) is 19.5 Å². The Bertz CT molecular complexity index is 438. The zero-order valence-corrected chi connectivity index (χ0v) is 10.1. The van der Waals surface area contributed by atoms with Crippen molar-refractivity contribution >= 4 is 11.7 Å². The fourth-order valence-electron chi connectivity index (χ4n) is 1.40. The Labute approximate surface area is 100 Å². The summed E-state index contributed by atoms with van der Waals surface area (Å²) < 4.78 is 4.71. The topological polar surface area (TPSA) is 75.0 Å². The van der Waals surface area contributed by atoms with Gasteiger partial charge in [-0.25, -0.2) is 4.79 Å². The third-order valence-corrected chi connectivity index (χ3v) is 2.37. The average Bonchev–Trinajstić information content (AvgIpc) is 2.35. The van der Waals surface area contributed by atoms with Gasteiger partial charge in [-0.2, -0.15) is 5.26 Å². The number of carbonyl (C=O) groups is 1. The molecule has 1 aromatic heterocycles. The molecule has 0 aliphatic carbocycles. The number of hydrogen-bond donors (Lipinski definition) is 1. The van der Waals surface area contributed by atoms with Crippen LogP contribution in [0.4, 0.5) is 5.69 Å². The molecule has 0 amide bonds. The first-order valence-corrected chi connectivity index (χ1v) is 5.28. The first kappa shape index (κ1) is 13.0. The van der Waals surface area contributed by atoms with E-state index in [1.54, 1.807) is 6.07 Å². The molecular formula is C12H15N3O2. The first-order valence-electron chi connectivity index (χ1n) is 5.28. The van der Waals surface area contributed by atoms with Crippen LogP contribution in [0.2, 0.25) is 0 Å². The number of pyridine rings is 1. The Hall–Kier alpha value is -2.09. The van der Waals surface area contributed by atoms with Crippen LogP contribution >= 0.6 is 0 Å². The highest BCUT2D eigenvalue weighted by Crippen LogP contribution is 2.16. The number of nitrogens with one attached hydrogen (secondary N) is 1. The first-order chi connectivity index (χ1) is 8.10. The SMILES string of the molecule is COC(=O)C(Nc1cnccc1C#N)C(C)C. The zero-order valence-electron chi connectivity index (χ0n) is 10.1. The maximum atomic E-state index is 11.6. The molecule has 0 fully saturated rings. The van der Waals surface area contributed by atoms with Gasteiger partial charge < -0.3 is 10.1 Å². The molecule has 0 aliphatic heterocycles. The van der Waals surface area contributed by atoms with E-state index in [4.69, 9.17) is 10.00 Å². The molecule has 90 valence electrons. The van der Waals surface area contributed by atoms with Crippen molar-refractivity contribution in [2.75, 3.05) is 12.4 Å². The van der Waals surface area contributed by atoms with Gasteiger partial charge in [0.15, 0.2) is 0 Å². The lowest BCUT2D eigenvalue weighted by Crippen LogP contribution is -2.35. The highest BCUT2D eigenvalue weighted by atomic mass is 16.5. The van der Waals surface area contributed by atoms with Crippen molar-refractivity contribution in [1.82, 2.24) is 4.98 Å². The summed E-state index contributed by atoms with van der Waals surface area (Å²) in [6.07, 6.45) is 3.06. The summed E-state index contributed by atoms with van der Waals surface area (Å²) in [5.41, 5.74) is 0.994. The molecule has 0 aromatic carbocycles. The van der Waals surface area contributed by atoms with Gasteiger partial charge in [-0.3, -0.25) is 4.98 Å². The lowest BCUT2D eigenvalue weighted by atomic mass is 10.0. The Balaban J connectivity index is 2.94. The fraction of sp³-hybridized carbons (Fsp3) is 0.417. The van der Waals surface area contributed by atoms with Gasteiger partial charge in [0.2, 0.25) is 0 Å². The van der Waals surface area contributed by atoms with Crippen LogP contribution in [0.3, 0.4) is 0 Å². The molecule has 5 heteroatoms. The normalized spacial score (nSPS) is 11.7. The standard InChI is InChI=1S/C12H15N3O2/c1-8(2)11(12(16)17-3)15-10-7-14-5-4-9(10)6-13/h4-5,7-8,11,15H,1-3H3. The molecule has 0 saturated carbocycles. The van der Waals surface area contributed by atoms with Crippen LogP contribution < -0.4 is 5.32 Å². The van der Waals surface area contributed by atoms with Crippen LogP contribution in [-0.4, -0.2) is 24.1 Å². The number of nitriles is 1. The number of hydrogen-bond acceptors (Lipinski definition) is 5. The summed E-state index contributed by atoms with van der Waals surface area (Å²) in [7, 11) is 1.34. The Morgan fingerprint density at radius 1 is 1.59 bits per heavy atom. The van der Waals surface area contributed by atoms with Crippen molar-refractivity contribution in [2.45, 2.75) is 19.9 Å². The van der Waals surface area contributed by atoms with Crippen LogP contribution in [0.5, 0.6) is 0 Å². The van der Waals surface area contributed by atoms with Crippen molar-refractivity contribution in [1.29, 1.82) is 5.26 Å². The molecule has 0 bridgehead atoms. The lowest BCUT2D eigenvalue weighted by Gasteiger charge is -2.21. The molecule has 1 rings (SSSR count). The second-order valence-corrected chi connectivity index (χ2v) is 3.92. The molecule has 1 aromatic rings. The highest BCUT2D eigenvalue weighted by molar-refractivity contribution is 5.80. The number of aromatic nitrogens is 1. The predicted octanol–water partition coefficient (Wildman–Crippen LogP) is 1.56. The minimum atomic E-state index is -0.490. The third-order valence-electron chi connectivity index (χ3n) is 2.37. The second kappa shape index (κ2) is 5.85. The van der Waals surface area contributed by atoms with Gasteiger partial charge in [-0.05, 0) is 12.0 Å². The summed E-state index contributed by atoms with van der Waals surface area (Å²) in [6, 6.07) is 3.15. The van der Waals surface area contributed by atoms with E-state index < -0.39 is 6.04 Å². The number of nitrogens with zero attached hydrogens (tertiary/aromatic N) is 2. The Kier molecular flexibility index (Phi) is 4.46. The van der Waals surface area contributed by atoms with Crippen molar-refractivity contribution in [3.8, 4) is 6.07 Å². The van der Waals surface area contributed by atoms with Crippen molar-refractivity contribution in [3.63, 3.8) is 0 Å². The van der Waals surface area contributed by atoms with Crippen LogP contribution in [0.25, 0.3) is 0 Å².